The smallest absolute Gasteiger partial charge is 0.273 e. The molecule has 2 N–H and O–H groups in total. The van der Waals surface area contributed by atoms with Gasteiger partial charge in [-0.05, 0) is 85.5 Å². The second-order valence-electron chi connectivity index (χ2n) is 9.29. The van der Waals surface area contributed by atoms with Crippen molar-refractivity contribution in [1.82, 2.24) is 14.2 Å². The average molecular weight is 565 g/mol. The van der Waals surface area contributed by atoms with Gasteiger partial charge in [-0.3, -0.25) is 9.20 Å². The summed E-state index contributed by atoms with van der Waals surface area (Å²) in [5.41, 5.74) is 6.07. The normalized spacial score (nSPS) is 12.9. The number of rotatable bonds is 6. The average Bonchev–Trinajstić information content (AvgIpc) is 3.35. The van der Waals surface area contributed by atoms with Crippen molar-refractivity contribution in [3.05, 3.63) is 105 Å². The monoisotopic (exact) mass is 563 g/mol. The number of amides is 1. The predicted molar refractivity (Wildman–Crippen MR) is 155 cm³/mol. The van der Waals surface area contributed by atoms with E-state index in [0.29, 0.717) is 33.0 Å². The molecule has 0 saturated heterocycles. The third-order valence-electron chi connectivity index (χ3n) is 6.77. The summed E-state index contributed by atoms with van der Waals surface area (Å²) in [7, 11) is 0. The molecule has 38 heavy (non-hydrogen) atoms. The Labute approximate surface area is 235 Å². The fraction of sp³-hybridized carbons (Fsp3) is 0.172. The number of carbonyl (C=O) groups excluding carboxylic acids is 1. The summed E-state index contributed by atoms with van der Waals surface area (Å²) in [6, 6.07) is 22.3. The third kappa shape index (κ3) is 4.75. The zero-order valence-electron chi connectivity index (χ0n) is 20.3. The molecule has 3 heterocycles. The molecule has 0 spiro atoms. The SMILES string of the molecule is O=C(Nc1ccc(Cl)cc1)c1c(-c2ccc(Cl)cc2)c2c3n(nc(CNc4ccc(Cl)cc4)n13)CCCC2. The van der Waals surface area contributed by atoms with E-state index in [2.05, 4.69) is 10.6 Å². The van der Waals surface area contributed by atoms with Crippen LogP contribution in [0.15, 0.2) is 72.8 Å². The molecule has 0 radical (unpaired) electrons. The lowest BCUT2D eigenvalue weighted by molar-refractivity contribution is 0.102. The summed E-state index contributed by atoms with van der Waals surface area (Å²) in [6.45, 7) is 1.22. The first-order chi connectivity index (χ1) is 18.5. The Balaban J connectivity index is 1.52. The predicted octanol–water partition coefficient (Wildman–Crippen LogP) is 7.96. The molecule has 3 aromatic carbocycles. The summed E-state index contributed by atoms with van der Waals surface area (Å²) in [5.74, 6) is 0.533. The van der Waals surface area contributed by atoms with Gasteiger partial charge in [-0.25, -0.2) is 4.68 Å². The maximum absolute atomic E-state index is 14.0. The number of aryl methyl sites for hydroxylation is 2. The lowest BCUT2D eigenvalue weighted by Gasteiger charge is -2.11. The lowest BCUT2D eigenvalue weighted by atomic mass is 9.98. The van der Waals surface area contributed by atoms with Crippen LogP contribution in [0.3, 0.4) is 0 Å². The summed E-state index contributed by atoms with van der Waals surface area (Å²) in [4.78, 5) is 14.0. The van der Waals surface area contributed by atoms with Gasteiger partial charge in [0.05, 0.1) is 6.54 Å². The Morgan fingerprint density at radius 1 is 0.816 bits per heavy atom. The van der Waals surface area contributed by atoms with Crippen LogP contribution in [-0.4, -0.2) is 20.1 Å². The first-order valence-electron chi connectivity index (χ1n) is 12.4. The fourth-order valence-electron chi connectivity index (χ4n) is 5.05. The number of hydrogen-bond acceptors (Lipinski definition) is 3. The van der Waals surface area contributed by atoms with E-state index in [0.717, 1.165) is 59.7 Å². The van der Waals surface area contributed by atoms with Crippen LogP contribution < -0.4 is 10.6 Å². The molecule has 0 saturated carbocycles. The summed E-state index contributed by atoms with van der Waals surface area (Å²) >= 11 is 18.4. The molecular weight excluding hydrogens is 541 g/mol. The molecule has 1 aliphatic rings. The van der Waals surface area contributed by atoms with Crippen LogP contribution >= 0.6 is 34.8 Å². The largest absolute Gasteiger partial charge is 0.378 e. The minimum Gasteiger partial charge on any atom is -0.378 e. The van der Waals surface area contributed by atoms with Crippen molar-refractivity contribution in [3.8, 4) is 11.1 Å². The van der Waals surface area contributed by atoms with Gasteiger partial charge < -0.3 is 10.6 Å². The topological polar surface area (TPSA) is 63.4 Å². The minimum atomic E-state index is -0.216. The van der Waals surface area contributed by atoms with Gasteiger partial charge in [0, 0.05) is 44.1 Å². The van der Waals surface area contributed by atoms with Gasteiger partial charge in [0.25, 0.3) is 5.91 Å². The minimum absolute atomic E-state index is 0.216. The molecule has 2 aromatic heterocycles. The van der Waals surface area contributed by atoms with E-state index in [1.54, 1.807) is 24.3 Å². The van der Waals surface area contributed by atoms with Crippen LogP contribution in [0.1, 0.15) is 34.7 Å². The van der Waals surface area contributed by atoms with Crippen molar-refractivity contribution >= 4 is 57.7 Å². The van der Waals surface area contributed by atoms with Crippen molar-refractivity contribution in [3.63, 3.8) is 0 Å². The van der Waals surface area contributed by atoms with E-state index >= 15 is 0 Å². The molecule has 1 amide bonds. The lowest BCUT2D eigenvalue weighted by Crippen LogP contribution is -2.17. The van der Waals surface area contributed by atoms with E-state index in [9.17, 15) is 4.79 Å². The number of benzene rings is 3. The Morgan fingerprint density at radius 2 is 1.42 bits per heavy atom. The van der Waals surface area contributed by atoms with Gasteiger partial charge in [-0.1, -0.05) is 46.9 Å². The summed E-state index contributed by atoms with van der Waals surface area (Å²) in [6.07, 6.45) is 2.88. The zero-order chi connectivity index (χ0) is 26.2. The Morgan fingerprint density at radius 3 is 2.08 bits per heavy atom. The number of aromatic nitrogens is 3. The van der Waals surface area contributed by atoms with Crippen LogP contribution in [0, 0.1) is 0 Å². The molecule has 6 nitrogen and oxygen atoms in total. The molecule has 192 valence electrons. The molecule has 9 heteroatoms. The molecule has 6 rings (SSSR count). The van der Waals surface area contributed by atoms with Gasteiger partial charge in [0.15, 0.2) is 5.82 Å². The number of nitrogens with one attached hydrogen (secondary N) is 2. The maximum Gasteiger partial charge on any atom is 0.273 e. The Bertz CT molecular complexity index is 1620. The zero-order valence-corrected chi connectivity index (χ0v) is 22.6. The van der Waals surface area contributed by atoms with Crippen molar-refractivity contribution in [2.45, 2.75) is 32.4 Å². The number of hydrogen-bond donors (Lipinski definition) is 2. The number of halogens is 3. The van der Waals surface area contributed by atoms with E-state index in [4.69, 9.17) is 39.9 Å². The van der Waals surface area contributed by atoms with Crippen LogP contribution in [-0.2, 0) is 19.5 Å². The molecule has 0 bridgehead atoms. The highest BCUT2D eigenvalue weighted by Crippen LogP contribution is 2.38. The Kier molecular flexibility index (Phi) is 6.78. The molecule has 0 unspecified atom stereocenters. The molecule has 1 aliphatic heterocycles. The van der Waals surface area contributed by atoms with Crippen LogP contribution in [0.4, 0.5) is 11.4 Å². The quantitative estimate of drug-likeness (QED) is 0.220. The van der Waals surface area contributed by atoms with Crippen molar-refractivity contribution in [2.75, 3.05) is 10.6 Å². The van der Waals surface area contributed by atoms with Gasteiger partial charge in [0.2, 0.25) is 0 Å². The molecule has 0 fully saturated rings. The first-order valence-corrected chi connectivity index (χ1v) is 13.6. The number of anilines is 2. The summed E-state index contributed by atoms with van der Waals surface area (Å²) < 4.78 is 4.05. The van der Waals surface area contributed by atoms with E-state index in [1.165, 1.54) is 0 Å². The second kappa shape index (κ2) is 10.4. The van der Waals surface area contributed by atoms with Gasteiger partial charge in [0.1, 0.15) is 11.3 Å². The van der Waals surface area contributed by atoms with Gasteiger partial charge in [-0.2, -0.15) is 5.10 Å². The highest BCUT2D eigenvalue weighted by Gasteiger charge is 2.30. The van der Waals surface area contributed by atoms with Crippen LogP contribution in [0.2, 0.25) is 15.1 Å². The maximum atomic E-state index is 14.0. The molecule has 5 aromatic rings. The number of carbonyl (C=O) groups is 1. The molecule has 0 atom stereocenters. The number of nitrogens with zero attached hydrogens (tertiary/aromatic N) is 3. The van der Waals surface area contributed by atoms with Crippen LogP contribution in [0.5, 0.6) is 0 Å². The van der Waals surface area contributed by atoms with E-state index in [1.807, 2.05) is 57.6 Å². The Hall–Kier alpha value is -3.45. The molecular formula is C29H24Cl3N5O. The highest BCUT2D eigenvalue weighted by molar-refractivity contribution is 6.31. The van der Waals surface area contributed by atoms with Crippen molar-refractivity contribution < 1.29 is 4.79 Å². The first kappa shape index (κ1) is 24.9. The van der Waals surface area contributed by atoms with E-state index < -0.39 is 0 Å². The van der Waals surface area contributed by atoms with Crippen molar-refractivity contribution in [2.24, 2.45) is 0 Å². The fourth-order valence-corrected chi connectivity index (χ4v) is 5.42. The highest BCUT2D eigenvalue weighted by atomic mass is 35.5. The van der Waals surface area contributed by atoms with Crippen molar-refractivity contribution in [1.29, 1.82) is 0 Å². The second-order valence-corrected chi connectivity index (χ2v) is 10.6. The third-order valence-corrected chi connectivity index (χ3v) is 7.53. The summed E-state index contributed by atoms with van der Waals surface area (Å²) in [5, 5.41) is 13.4. The van der Waals surface area contributed by atoms with Gasteiger partial charge >= 0.3 is 0 Å². The van der Waals surface area contributed by atoms with Crippen LogP contribution in [0.25, 0.3) is 16.8 Å². The van der Waals surface area contributed by atoms with Gasteiger partial charge in [-0.15, -0.1) is 0 Å². The standard InChI is InChI=1S/C29H24Cl3N5O/c30-19-6-4-18(5-7-19)26-24-3-1-2-16-36-29(24)37(25(35-36)17-33-22-12-8-20(31)9-13-22)27(26)28(38)34-23-14-10-21(32)11-15-23/h4-15,33H,1-3,16-17H2,(H,34,38). The van der Waals surface area contributed by atoms with E-state index in [-0.39, 0.29) is 5.91 Å². The molecule has 0 aliphatic carbocycles.